The van der Waals surface area contributed by atoms with Gasteiger partial charge < -0.3 is 5.32 Å². The molecule has 19 heavy (non-hydrogen) atoms. The number of hydrogen-bond acceptors (Lipinski definition) is 4. The van der Waals surface area contributed by atoms with Gasteiger partial charge in [0, 0.05) is 13.6 Å². The van der Waals surface area contributed by atoms with Crippen molar-refractivity contribution >= 4 is 34.6 Å². The van der Waals surface area contributed by atoms with Crippen LogP contribution in [0.15, 0.2) is 12.1 Å². The van der Waals surface area contributed by atoms with Crippen molar-refractivity contribution in [2.24, 2.45) is 5.92 Å². The average molecular weight is 301 g/mol. The van der Waals surface area contributed by atoms with Crippen molar-refractivity contribution in [2.45, 2.75) is 12.8 Å². The van der Waals surface area contributed by atoms with Crippen LogP contribution < -0.4 is 5.32 Å². The van der Waals surface area contributed by atoms with Crippen molar-refractivity contribution in [1.29, 1.82) is 0 Å². The van der Waals surface area contributed by atoms with Crippen LogP contribution in [0, 0.1) is 5.92 Å². The second-order valence-electron chi connectivity index (χ2n) is 4.72. The highest BCUT2D eigenvalue weighted by Gasteiger charge is 2.26. The number of amides is 1. The molecule has 0 aliphatic carbocycles. The van der Waals surface area contributed by atoms with Gasteiger partial charge in [0.1, 0.15) is 0 Å². The van der Waals surface area contributed by atoms with E-state index in [0.29, 0.717) is 22.3 Å². The van der Waals surface area contributed by atoms with E-state index in [2.05, 4.69) is 10.2 Å². The Morgan fingerprint density at radius 1 is 1.53 bits per heavy atom. The maximum absolute atomic E-state index is 12.1. The Bertz CT molecular complexity index is 475. The van der Waals surface area contributed by atoms with Crippen LogP contribution in [0.5, 0.6) is 0 Å². The summed E-state index contributed by atoms with van der Waals surface area (Å²) < 4.78 is 0.630. The van der Waals surface area contributed by atoms with Crippen LogP contribution in [0.3, 0.4) is 0 Å². The number of likely N-dealkylation sites (tertiary alicyclic amines) is 1. The Balaban J connectivity index is 1.92. The summed E-state index contributed by atoms with van der Waals surface area (Å²) in [6, 6.07) is 3.50. The summed E-state index contributed by atoms with van der Waals surface area (Å²) in [5.74, 6) is 0.143. The quantitative estimate of drug-likeness (QED) is 0.866. The van der Waals surface area contributed by atoms with Crippen LogP contribution in [0.2, 0.25) is 4.34 Å². The smallest absolute Gasteiger partial charge is 0.224 e. The maximum Gasteiger partial charge on any atom is 0.224 e. The number of halogens is 1. The summed E-state index contributed by atoms with van der Waals surface area (Å²) in [4.78, 5) is 26.5. The van der Waals surface area contributed by atoms with Gasteiger partial charge in [0.05, 0.1) is 21.7 Å². The molecular weight excluding hydrogens is 284 g/mol. The highest BCUT2D eigenvalue weighted by molar-refractivity contribution is 7.18. The van der Waals surface area contributed by atoms with E-state index in [9.17, 15) is 9.59 Å². The summed E-state index contributed by atoms with van der Waals surface area (Å²) in [7, 11) is 1.65. The molecular formula is C13H17ClN2O2S. The SMILES string of the molecule is CNC(=O)C1CCCN(CC(=O)c2ccc(Cl)s2)C1. The Morgan fingerprint density at radius 2 is 2.32 bits per heavy atom. The van der Waals surface area contributed by atoms with E-state index >= 15 is 0 Å². The first-order chi connectivity index (χ1) is 9.10. The topological polar surface area (TPSA) is 49.4 Å². The molecule has 0 spiro atoms. The van der Waals surface area contributed by atoms with Gasteiger partial charge in [-0.15, -0.1) is 11.3 Å². The lowest BCUT2D eigenvalue weighted by Gasteiger charge is -2.31. The molecule has 1 aromatic heterocycles. The van der Waals surface area contributed by atoms with Crippen LogP contribution in [-0.2, 0) is 4.79 Å². The molecule has 0 saturated carbocycles. The van der Waals surface area contributed by atoms with Gasteiger partial charge in [-0.3, -0.25) is 14.5 Å². The molecule has 1 atom stereocenters. The number of nitrogens with zero attached hydrogens (tertiary/aromatic N) is 1. The zero-order valence-corrected chi connectivity index (χ0v) is 12.4. The van der Waals surface area contributed by atoms with Crippen molar-refractivity contribution < 1.29 is 9.59 Å². The number of thiophene rings is 1. The molecule has 1 N–H and O–H groups in total. The molecule has 1 aromatic rings. The fourth-order valence-corrected chi connectivity index (χ4v) is 3.34. The first kappa shape index (κ1) is 14.5. The molecule has 1 aliphatic heterocycles. The lowest BCUT2D eigenvalue weighted by molar-refractivity contribution is -0.126. The van der Waals surface area contributed by atoms with E-state index < -0.39 is 0 Å². The second kappa shape index (κ2) is 6.50. The van der Waals surface area contributed by atoms with Crippen LogP contribution in [-0.4, -0.2) is 43.3 Å². The number of hydrogen-bond donors (Lipinski definition) is 1. The third-order valence-electron chi connectivity index (χ3n) is 3.34. The van der Waals surface area contributed by atoms with Crippen molar-refractivity contribution in [2.75, 3.05) is 26.7 Å². The predicted octanol–water partition coefficient (Wildman–Crippen LogP) is 2.04. The van der Waals surface area contributed by atoms with E-state index in [1.54, 1.807) is 19.2 Å². The van der Waals surface area contributed by atoms with E-state index in [1.165, 1.54) is 11.3 Å². The van der Waals surface area contributed by atoms with Crippen molar-refractivity contribution in [3.63, 3.8) is 0 Å². The average Bonchev–Trinajstić information content (AvgIpc) is 2.85. The van der Waals surface area contributed by atoms with Crippen molar-refractivity contribution in [3.8, 4) is 0 Å². The molecule has 2 heterocycles. The van der Waals surface area contributed by atoms with Crippen LogP contribution in [0.4, 0.5) is 0 Å². The molecule has 0 bridgehead atoms. The standard InChI is InChI=1S/C13H17ClN2O2S/c1-15-13(18)9-3-2-6-16(7-9)8-10(17)11-4-5-12(14)19-11/h4-5,9H,2-3,6-8H2,1H3,(H,15,18). The summed E-state index contributed by atoms with van der Waals surface area (Å²) in [5, 5.41) is 2.68. The fraction of sp³-hybridized carbons (Fsp3) is 0.538. The summed E-state index contributed by atoms with van der Waals surface area (Å²) in [6.07, 6.45) is 1.85. The monoisotopic (exact) mass is 300 g/mol. The third kappa shape index (κ3) is 3.78. The summed E-state index contributed by atoms with van der Waals surface area (Å²) >= 11 is 7.14. The minimum atomic E-state index is -0.00141. The van der Waals surface area contributed by atoms with Gasteiger partial charge >= 0.3 is 0 Å². The fourth-order valence-electron chi connectivity index (χ4n) is 2.36. The lowest BCUT2D eigenvalue weighted by atomic mass is 9.97. The van der Waals surface area contributed by atoms with Gasteiger partial charge in [-0.25, -0.2) is 0 Å². The molecule has 0 radical (unpaired) electrons. The van der Waals surface area contributed by atoms with Gasteiger partial charge in [0.15, 0.2) is 5.78 Å². The van der Waals surface area contributed by atoms with E-state index in [1.807, 2.05) is 0 Å². The van der Waals surface area contributed by atoms with E-state index in [4.69, 9.17) is 11.6 Å². The normalized spacial score (nSPS) is 20.2. The number of piperidine rings is 1. The van der Waals surface area contributed by atoms with Gasteiger partial charge in [0.2, 0.25) is 5.91 Å². The van der Waals surface area contributed by atoms with Gasteiger partial charge in [-0.1, -0.05) is 11.6 Å². The summed E-state index contributed by atoms with van der Waals surface area (Å²) in [5.41, 5.74) is 0. The minimum Gasteiger partial charge on any atom is -0.359 e. The number of ketones is 1. The molecule has 1 amide bonds. The Morgan fingerprint density at radius 3 is 2.95 bits per heavy atom. The third-order valence-corrected chi connectivity index (χ3v) is 4.61. The molecule has 4 nitrogen and oxygen atoms in total. The zero-order valence-electron chi connectivity index (χ0n) is 10.8. The van der Waals surface area contributed by atoms with Crippen LogP contribution in [0.1, 0.15) is 22.5 Å². The van der Waals surface area contributed by atoms with E-state index in [-0.39, 0.29) is 17.6 Å². The van der Waals surface area contributed by atoms with Crippen LogP contribution in [0.25, 0.3) is 0 Å². The molecule has 1 fully saturated rings. The molecule has 104 valence electrons. The second-order valence-corrected chi connectivity index (χ2v) is 6.43. The van der Waals surface area contributed by atoms with E-state index in [0.717, 1.165) is 19.4 Å². The first-order valence-corrected chi connectivity index (χ1v) is 7.52. The Labute approximate surface area is 121 Å². The summed E-state index contributed by atoms with van der Waals surface area (Å²) in [6.45, 7) is 1.90. The van der Waals surface area contributed by atoms with Gasteiger partial charge in [-0.2, -0.15) is 0 Å². The number of Topliss-reactive ketones (excluding diaryl/α,β-unsaturated/α-hetero) is 1. The molecule has 2 rings (SSSR count). The molecule has 1 saturated heterocycles. The van der Waals surface area contributed by atoms with Crippen molar-refractivity contribution in [3.05, 3.63) is 21.3 Å². The molecule has 1 unspecified atom stereocenters. The van der Waals surface area contributed by atoms with Crippen LogP contribution >= 0.6 is 22.9 Å². The Kier molecular flexibility index (Phi) is 4.96. The highest BCUT2D eigenvalue weighted by atomic mass is 35.5. The molecule has 0 aromatic carbocycles. The number of nitrogens with one attached hydrogen (secondary N) is 1. The van der Waals surface area contributed by atoms with Crippen molar-refractivity contribution in [1.82, 2.24) is 10.2 Å². The molecule has 6 heteroatoms. The number of carbonyl (C=O) groups is 2. The maximum atomic E-state index is 12.1. The zero-order chi connectivity index (χ0) is 13.8. The van der Waals surface area contributed by atoms with Gasteiger partial charge in [-0.05, 0) is 31.5 Å². The minimum absolute atomic E-state index is 0.00141. The number of carbonyl (C=O) groups excluding carboxylic acids is 2. The van der Waals surface area contributed by atoms with Gasteiger partial charge in [0.25, 0.3) is 0 Å². The largest absolute Gasteiger partial charge is 0.359 e. The highest BCUT2D eigenvalue weighted by Crippen LogP contribution is 2.23. The first-order valence-electron chi connectivity index (χ1n) is 6.32. The lowest BCUT2D eigenvalue weighted by Crippen LogP contribution is -2.43. The Hall–Kier alpha value is -0.910. The molecule has 1 aliphatic rings. The number of rotatable bonds is 4. The predicted molar refractivity (Wildman–Crippen MR) is 76.9 cm³/mol.